The summed E-state index contributed by atoms with van der Waals surface area (Å²) in [7, 11) is 0. The Morgan fingerprint density at radius 1 is 1.40 bits per heavy atom. The normalized spacial score (nSPS) is 12.2. The second-order valence-electron chi connectivity index (χ2n) is 4.40. The predicted molar refractivity (Wildman–Crippen MR) is 80.0 cm³/mol. The van der Waals surface area contributed by atoms with Crippen molar-refractivity contribution in [2.75, 3.05) is 5.75 Å². The first-order valence-electron chi connectivity index (χ1n) is 6.32. The van der Waals surface area contributed by atoms with E-state index in [0.29, 0.717) is 6.42 Å². The van der Waals surface area contributed by atoms with Crippen LogP contribution in [-0.4, -0.2) is 32.7 Å². The Bertz CT molecular complexity index is 540. The SMILES string of the molecule is NC(CCSCc1ccc(-n2cccn2)cc1)C(=O)O. The van der Waals surface area contributed by atoms with Crippen LogP contribution in [0.1, 0.15) is 12.0 Å². The third-order valence-corrected chi connectivity index (χ3v) is 3.93. The fourth-order valence-corrected chi connectivity index (χ4v) is 2.68. The molecule has 0 aliphatic carbocycles. The van der Waals surface area contributed by atoms with E-state index in [1.165, 1.54) is 5.56 Å². The minimum atomic E-state index is -0.936. The Morgan fingerprint density at radius 2 is 2.15 bits per heavy atom. The molecule has 0 radical (unpaired) electrons. The van der Waals surface area contributed by atoms with E-state index in [2.05, 4.69) is 17.2 Å². The highest BCUT2D eigenvalue weighted by Crippen LogP contribution is 2.15. The summed E-state index contributed by atoms with van der Waals surface area (Å²) in [5.41, 5.74) is 7.68. The number of rotatable bonds is 7. The van der Waals surface area contributed by atoms with E-state index in [1.54, 1.807) is 18.0 Å². The highest BCUT2D eigenvalue weighted by atomic mass is 32.2. The molecule has 106 valence electrons. The Balaban J connectivity index is 1.78. The summed E-state index contributed by atoms with van der Waals surface area (Å²) >= 11 is 1.69. The largest absolute Gasteiger partial charge is 0.480 e. The maximum absolute atomic E-state index is 10.6. The van der Waals surface area contributed by atoms with Crippen molar-refractivity contribution in [3.8, 4) is 5.69 Å². The van der Waals surface area contributed by atoms with E-state index >= 15 is 0 Å². The Hall–Kier alpha value is -1.79. The van der Waals surface area contributed by atoms with Crippen LogP contribution in [0.15, 0.2) is 42.7 Å². The van der Waals surface area contributed by atoms with Gasteiger partial charge in [-0.1, -0.05) is 12.1 Å². The summed E-state index contributed by atoms with van der Waals surface area (Å²) in [6, 6.07) is 9.28. The summed E-state index contributed by atoms with van der Waals surface area (Å²) in [5, 5.41) is 12.8. The minimum Gasteiger partial charge on any atom is -0.480 e. The summed E-state index contributed by atoms with van der Waals surface area (Å²) in [6.45, 7) is 0. The van der Waals surface area contributed by atoms with E-state index in [-0.39, 0.29) is 0 Å². The van der Waals surface area contributed by atoms with Gasteiger partial charge in [-0.25, -0.2) is 4.68 Å². The second-order valence-corrected chi connectivity index (χ2v) is 5.51. The molecule has 0 fully saturated rings. The number of carboxylic acid groups (broad SMARTS) is 1. The van der Waals surface area contributed by atoms with Crippen LogP contribution in [0.5, 0.6) is 0 Å². The average molecular weight is 291 g/mol. The zero-order valence-electron chi connectivity index (χ0n) is 11.0. The lowest BCUT2D eigenvalue weighted by atomic mass is 10.2. The molecule has 1 aromatic carbocycles. The number of nitrogens with zero attached hydrogens (tertiary/aromatic N) is 2. The van der Waals surface area contributed by atoms with E-state index in [9.17, 15) is 4.79 Å². The van der Waals surface area contributed by atoms with Crippen molar-refractivity contribution in [1.29, 1.82) is 0 Å². The lowest BCUT2D eigenvalue weighted by Crippen LogP contribution is -2.30. The molecule has 1 atom stereocenters. The monoisotopic (exact) mass is 291 g/mol. The Kier molecular flexibility index (Phi) is 5.20. The van der Waals surface area contributed by atoms with Gasteiger partial charge in [-0.3, -0.25) is 4.79 Å². The molecule has 0 bridgehead atoms. The number of hydrogen-bond donors (Lipinski definition) is 2. The zero-order valence-corrected chi connectivity index (χ0v) is 11.8. The third-order valence-electron chi connectivity index (χ3n) is 2.86. The van der Waals surface area contributed by atoms with Gasteiger partial charge >= 0.3 is 5.97 Å². The van der Waals surface area contributed by atoms with Crippen LogP contribution in [0.4, 0.5) is 0 Å². The lowest BCUT2D eigenvalue weighted by Gasteiger charge is -2.07. The number of carbonyl (C=O) groups is 1. The first-order chi connectivity index (χ1) is 9.66. The van der Waals surface area contributed by atoms with Gasteiger partial charge in [0.05, 0.1) is 5.69 Å². The lowest BCUT2D eigenvalue weighted by molar-refractivity contribution is -0.138. The maximum atomic E-state index is 10.6. The molecule has 2 rings (SSSR count). The fourth-order valence-electron chi connectivity index (χ4n) is 1.69. The highest BCUT2D eigenvalue weighted by molar-refractivity contribution is 7.98. The van der Waals surface area contributed by atoms with Crippen LogP contribution in [0.2, 0.25) is 0 Å². The molecule has 1 heterocycles. The number of aromatic nitrogens is 2. The van der Waals surface area contributed by atoms with Gasteiger partial charge in [0.2, 0.25) is 0 Å². The van der Waals surface area contributed by atoms with Gasteiger partial charge in [0.15, 0.2) is 0 Å². The number of aliphatic carboxylic acids is 1. The van der Waals surface area contributed by atoms with Gasteiger partial charge in [-0.2, -0.15) is 16.9 Å². The van der Waals surface area contributed by atoms with Crippen LogP contribution in [0.3, 0.4) is 0 Å². The molecular formula is C14H17N3O2S. The molecule has 0 saturated heterocycles. The first kappa shape index (κ1) is 14.6. The molecule has 0 aliphatic heterocycles. The standard InChI is InChI=1S/C14H17N3O2S/c15-13(14(18)19)6-9-20-10-11-2-4-12(5-3-11)17-8-1-7-16-17/h1-5,7-8,13H,6,9-10,15H2,(H,18,19). The summed E-state index contributed by atoms with van der Waals surface area (Å²) in [4.78, 5) is 10.6. The molecule has 0 aliphatic rings. The number of thioether (sulfide) groups is 1. The number of benzene rings is 1. The van der Waals surface area contributed by atoms with Crippen molar-refractivity contribution in [3.05, 3.63) is 48.3 Å². The van der Waals surface area contributed by atoms with Crippen LogP contribution >= 0.6 is 11.8 Å². The van der Waals surface area contributed by atoms with Crippen molar-refractivity contribution in [3.63, 3.8) is 0 Å². The molecule has 1 unspecified atom stereocenters. The molecule has 0 saturated carbocycles. The summed E-state index contributed by atoms with van der Waals surface area (Å²) in [6.07, 6.45) is 4.14. The minimum absolute atomic E-state index is 0.491. The number of carboxylic acids is 1. The van der Waals surface area contributed by atoms with Crippen molar-refractivity contribution >= 4 is 17.7 Å². The molecule has 0 spiro atoms. The van der Waals surface area contributed by atoms with E-state index in [4.69, 9.17) is 10.8 Å². The van der Waals surface area contributed by atoms with Crippen molar-refractivity contribution in [2.45, 2.75) is 18.2 Å². The average Bonchev–Trinajstić information content (AvgIpc) is 2.98. The molecule has 20 heavy (non-hydrogen) atoms. The smallest absolute Gasteiger partial charge is 0.320 e. The van der Waals surface area contributed by atoms with Gasteiger partial charge in [0.1, 0.15) is 6.04 Å². The number of nitrogens with two attached hydrogens (primary N) is 1. The molecule has 3 N–H and O–H groups in total. The second kappa shape index (κ2) is 7.12. The maximum Gasteiger partial charge on any atom is 0.320 e. The van der Waals surface area contributed by atoms with E-state index < -0.39 is 12.0 Å². The molecule has 5 nitrogen and oxygen atoms in total. The quantitative estimate of drug-likeness (QED) is 0.762. The van der Waals surface area contributed by atoms with Crippen molar-refractivity contribution in [1.82, 2.24) is 9.78 Å². The Labute approximate surface area is 121 Å². The topological polar surface area (TPSA) is 81.1 Å². The van der Waals surface area contributed by atoms with Crippen molar-refractivity contribution < 1.29 is 9.90 Å². The van der Waals surface area contributed by atoms with Gasteiger partial charge in [0, 0.05) is 18.1 Å². The molecule has 2 aromatic rings. The summed E-state index contributed by atoms with van der Waals surface area (Å²) < 4.78 is 1.81. The first-order valence-corrected chi connectivity index (χ1v) is 7.47. The van der Waals surface area contributed by atoms with Crippen LogP contribution < -0.4 is 5.73 Å². The number of hydrogen-bond acceptors (Lipinski definition) is 4. The van der Waals surface area contributed by atoms with Crippen molar-refractivity contribution in [2.24, 2.45) is 5.73 Å². The van der Waals surface area contributed by atoms with Gasteiger partial charge < -0.3 is 10.8 Å². The summed E-state index contributed by atoms with van der Waals surface area (Å²) in [5.74, 6) is 0.661. The Morgan fingerprint density at radius 3 is 2.75 bits per heavy atom. The zero-order chi connectivity index (χ0) is 14.4. The molecule has 6 heteroatoms. The molecular weight excluding hydrogens is 274 g/mol. The highest BCUT2D eigenvalue weighted by Gasteiger charge is 2.10. The molecule has 0 amide bonds. The van der Waals surface area contributed by atoms with Gasteiger partial charge in [-0.15, -0.1) is 0 Å². The van der Waals surface area contributed by atoms with E-state index in [1.807, 2.05) is 29.1 Å². The van der Waals surface area contributed by atoms with E-state index in [0.717, 1.165) is 17.2 Å². The van der Waals surface area contributed by atoms with Crippen LogP contribution in [0, 0.1) is 0 Å². The third kappa shape index (κ3) is 4.11. The van der Waals surface area contributed by atoms with Crippen LogP contribution in [0.25, 0.3) is 5.69 Å². The van der Waals surface area contributed by atoms with Gasteiger partial charge in [-0.05, 0) is 35.9 Å². The predicted octanol–water partition coefficient (Wildman–Crippen LogP) is 1.91. The molecule has 1 aromatic heterocycles. The van der Waals surface area contributed by atoms with Crippen LogP contribution in [-0.2, 0) is 10.5 Å². The fraction of sp³-hybridized carbons (Fsp3) is 0.286. The van der Waals surface area contributed by atoms with Gasteiger partial charge in [0.25, 0.3) is 0 Å².